The van der Waals surface area contributed by atoms with E-state index in [-0.39, 0.29) is 6.54 Å². The Balaban J connectivity index is 3.28. The Morgan fingerprint density at radius 2 is 2.33 bits per heavy atom. The Kier molecular flexibility index (Phi) is 4.20. The second kappa shape index (κ2) is 4.42. The molecule has 9 heavy (non-hydrogen) atoms. The standard InChI is InChI=1S/C3H7NO4S/c4-1-3(5)8-2-9(6)7/h1-2,4H2,(H,6,7). The number of esters is 1. The molecule has 1 atom stereocenters. The number of rotatable bonds is 3. The van der Waals surface area contributed by atoms with Gasteiger partial charge in [0.2, 0.25) is 0 Å². The van der Waals surface area contributed by atoms with Crippen molar-refractivity contribution >= 4 is 17.0 Å². The molecule has 0 aromatic heterocycles. The predicted octanol–water partition coefficient (Wildman–Crippen LogP) is -1.33. The third-order valence-electron chi connectivity index (χ3n) is 0.487. The highest BCUT2D eigenvalue weighted by atomic mass is 32.2. The van der Waals surface area contributed by atoms with Gasteiger partial charge in [0.25, 0.3) is 0 Å². The Morgan fingerprint density at radius 3 is 2.67 bits per heavy atom. The van der Waals surface area contributed by atoms with Crippen LogP contribution in [0.4, 0.5) is 0 Å². The van der Waals surface area contributed by atoms with Crippen LogP contribution in [0, 0.1) is 0 Å². The number of carbonyl (C=O) groups is 1. The molecule has 0 radical (unpaired) electrons. The molecule has 0 aliphatic heterocycles. The van der Waals surface area contributed by atoms with Crippen LogP contribution in [0.25, 0.3) is 0 Å². The van der Waals surface area contributed by atoms with E-state index in [1.807, 2.05) is 0 Å². The van der Waals surface area contributed by atoms with E-state index < -0.39 is 23.0 Å². The molecule has 0 fully saturated rings. The molecule has 5 nitrogen and oxygen atoms in total. The first-order valence-corrected chi connectivity index (χ1v) is 3.37. The van der Waals surface area contributed by atoms with Gasteiger partial charge in [0.15, 0.2) is 17.0 Å². The summed E-state index contributed by atoms with van der Waals surface area (Å²) in [6.07, 6.45) is 0. The van der Waals surface area contributed by atoms with Crippen molar-refractivity contribution in [2.45, 2.75) is 0 Å². The monoisotopic (exact) mass is 153 g/mol. The van der Waals surface area contributed by atoms with Crippen molar-refractivity contribution in [3.05, 3.63) is 0 Å². The molecule has 0 saturated heterocycles. The lowest BCUT2D eigenvalue weighted by Gasteiger charge is -1.96. The maximum atomic E-state index is 10.1. The van der Waals surface area contributed by atoms with Crippen LogP contribution in [0.3, 0.4) is 0 Å². The maximum Gasteiger partial charge on any atom is 0.320 e. The minimum Gasteiger partial charge on any atom is -0.448 e. The SMILES string of the molecule is NCC(=O)OCS(=O)O. The van der Waals surface area contributed by atoms with E-state index in [9.17, 15) is 9.00 Å². The van der Waals surface area contributed by atoms with Gasteiger partial charge in [-0.1, -0.05) is 0 Å². The second-order valence-electron chi connectivity index (χ2n) is 1.16. The van der Waals surface area contributed by atoms with Gasteiger partial charge < -0.3 is 15.0 Å². The van der Waals surface area contributed by atoms with Gasteiger partial charge in [-0.25, -0.2) is 4.21 Å². The van der Waals surface area contributed by atoms with E-state index in [1.165, 1.54) is 0 Å². The minimum atomic E-state index is -2.09. The molecule has 54 valence electrons. The molecule has 0 spiro atoms. The molecular formula is C3H7NO4S. The van der Waals surface area contributed by atoms with Gasteiger partial charge in [-0.3, -0.25) is 4.79 Å². The number of ether oxygens (including phenoxy) is 1. The first kappa shape index (κ1) is 8.54. The van der Waals surface area contributed by atoms with Crippen molar-refractivity contribution in [3.8, 4) is 0 Å². The predicted molar refractivity (Wildman–Crippen MR) is 30.8 cm³/mol. The molecule has 0 aliphatic carbocycles. The third-order valence-corrected chi connectivity index (χ3v) is 0.807. The van der Waals surface area contributed by atoms with E-state index in [0.717, 1.165) is 0 Å². The summed E-state index contributed by atoms with van der Waals surface area (Å²) in [4.78, 5) is 10.1. The van der Waals surface area contributed by atoms with Crippen molar-refractivity contribution in [2.75, 3.05) is 12.5 Å². The van der Waals surface area contributed by atoms with Gasteiger partial charge in [-0.2, -0.15) is 0 Å². The molecule has 3 N–H and O–H groups in total. The molecule has 1 unspecified atom stereocenters. The van der Waals surface area contributed by atoms with Gasteiger partial charge >= 0.3 is 5.97 Å². The Hall–Kier alpha value is -0.460. The van der Waals surface area contributed by atoms with Crippen molar-refractivity contribution in [2.24, 2.45) is 5.73 Å². The first-order chi connectivity index (χ1) is 4.16. The Morgan fingerprint density at radius 1 is 1.78 bits per heavy atom. The van der Waals surface area contributed by atoms with Crippen molar-refractivity contribution < 1.29 is 18.3 Å². The van der Waals surface area contributed by atoms with Crippen LogP contribution in [0.5, 0.6) is 0 Å². The van der Waals surface area contributed by atoms with E-state index in [4.69, 9.17) is 10.3 Å². The van der Waals surface area contributed by atoms with Crippen LogP contribution in [-0.2, 0) is 20.6 Å². The second-order valence-corrected chi connectivity index (χ2v) is 2.04. The van der Waals surface area contributed by atoms with Crippen LogP contribution in [0.15, 0.2) is 0 Å². The number of hydrogen-bond acceptors (Lipinski definition) is 4. The van der Waals surface area contributed by atoms with Gasteiger partial charge in [0, 0.05) is 0 Å². The smallest absolute Gasteiger partial charge is 0.320 e. The van der Waals surface area contributed by atoms with Crippen LogP contribution < -0.4 is 5.73 Å². The molecule has 0 amide bonds. The molecule has 0 heterocycles. The molecule has 6 heteroatoms. The highest BCUT2D eigenvalue weighted by molar-refractivity contribution is 7.79. The summed E-state index contributed by atoms with van der Waals surface area (Å²) in [5.74, 6) is -1.19. The van der Waals surface area contributed by atoms with Gasteiger partial charge in [0.05, 0.1) is 6.54 Å². The number of hydrogen-bond donors (Lipinski definition) is 2. The zero-order chi connectivity index (χ0) is 7.28. The average molecular weight is 153 g/mol. The topological polar surface area (TPSA) is 89.6 Å². The average Bonchev–Trinajstić information content (AvgIpc) is 1.83. The van der Waals surface area contributed by atoms with Gasteiger partial charge in [-0.05, 0) is 0 Å². The summed E-state index contributed by atoms with van der Waals surface area (Å²) in [6.45, 7) is -0.267. The summed E-state index contributed by atoms with van der Waals surface area (Å²) in [6, 6.07) is 0. The van der Waals surface area contributed by atoms with Crippen molar-refractivity contribution in [3.63, 3.8) is 0 Å². The van der Waals surface area contributed by atoms with Crippen LogP contribution >= 0.6 is 0 Å². The Bertz CT molecular complexity index is 125. The molecule has 0 aromatic carbocycles. The zero-order valence-corrected chi connectivity index (χ0v) is 5.39. The van der Waals surface area contributed by atoms with E-state index in [1.54, 1.807) is 0 Å². The van der Waals surface area contributed by atoms with Crippen LogP contribution in [-0.4, -0.2) is 27.2 Å². The maximum absolute atomic E-state index is 10.1. The van der Waals surface area contributed by atoms with Crippen molar-refractivity contribution in [1.29, 1.82) is 0 Å². The molecule has 0 saturated carbocycles. The molecule has 0 bridgehead atoms. The summed E-state index contributed by atoms with van der Waals surface area (Å²) >= 11 is -2.09. The van der Waals surface area contributed by atoms with E-state index in [0.29, 0.717) is 0 Å². The minimum absolute atomic E-state index is 0.267. The fraction of sp³-hybridized carbons (Fsp3) is 0.667. The largest absolute Gasteiger partial charge is 0.448 e. The highest BCUT2D eigenvalue weighted by Gasteiger charge is 1.99. The van der Waals surface area contributed by atoms with Crippen molar-refractivity contribution in [1.82, 2.24) is 0 Å². The number of nitrogens with two attached hydrogens (primary N) is 1. The van der Waals surface area contributed by atoms with Crippen LogP contribution in [0.1, 0.15) is 0 Å². The molecule has 0 aromatic rings. The highest BCUT2D eigenvalue weighted by Crippen LogP contribution is 1.77. The van der Waals surface area contributed by atoms with Gasteiger partial charge in [-0.15, -0.1) is 0 Å². The molecule has 0 aliphatic rings. The molecular weight excluding hydrogens is 146 g/mol. The lowest BCUT2D eigenvalue weighted by Crippen LogP contribution is -2.18. The van der Waals surface area contributed by atoms with E-state index >= 15 is 0 Å². The summed E-state index contributed by atoms with van der Waals surface area (Å²) in [7, 11) is 0. The fourth-order valence-electron chi connectivity index (χ4n) is 0.175. The lowest BCUT2D eigenvalue weighted by atomic mass is 10.7. The summed E-state index contributed by atoms with van der Waals surface area (Å²) in [5.41, 5.74) is 4.80. The third kappa shape index (κ3) is 5.41. The lowest BCUT2D eigenvalue weighted by molar-refractivity contribution is -0.139. The first-order valence-electron chi connectivity index (χ1n) is 2.10. The zero-order valence-electron chi connectivity index (χ0n) is 4.57. The van der Waals surface area contributed by atoms with Gasteiger partial charge in [0.1, 0.15) is 0 Å². The summed E-state index contributed by atoms with van der Waals surface area (Å²) < 4.78 is 22.0. The molecule has 0 rings (SSSR count). The number of carbonyl (C=O) groups excluding carboxylic acids is 1. The summed E-state index contributed by atoms with van der Waals surface area (Å²) in [5, 5.41) is 0. The fourth-order valence-corrected chi connectivity index (χ4v) is 0.407. The van der Waals surface area contributed by atoms with Crippen LogP contribution in [0.2, 0.25) is 0 Å². The van der Waals surface area contributed by atoms with E-state index in [2.05, 4.69) is 4.74 Å². The quantitative estimate of drug-likeness (QED) is 0.387. The Labute approximate surface area is 54.5 Å². The normalized spacial score (nSPS) is 12.7.